The van der Waals surface area contributed by atoms with Crippen molar-refractivity contribution in [1.29, 1.82) is 0 Å². The Morgan fingerprint density at radius 1 is 1.15 bits per heavy atom. The van der Waals surface area contributed by atoms with Crippen molar-refractivity contribution in [3.63, 3.8) is 0 Å². The first-order chi connectivity index (χ1) is 12.4. The van der Waals surface area contributed by atoms with Crippen LogP contribution in [0.3, 0.4) is 0 Å². The highest BCUT2D eigenvalue weighted by Gasteiger charge is 2.48. The van der Waals surface area contributed by atoms with Crippen LogP contribution < -0.4 is 0 Å². The Hall–Kier alpha value is -0.990. The predicted molar refractivity (Wildman–Crippen MR) is 112 cm³/mol. The fraction of sp³-hybridized carbons (Fsp3) is 0.444. The third kappa shape index (κ3) is 3.20. The lowest BCUT2D eigenvalue weighted by Crippen LogP contribution is -2.13. The van der Waals surface area contributed by atoms with Crippen LogP contribution in [0.15, 0.2) is 18.2 Å². The molecule has 0 aromatic heterocycles. The molecule has 1 fully saturated rings. The number of hydrogen-bond acceptors (Lipinski definition) is 4. The number of alkyl halides is 1. The first kappa shape index (κ1) is 18.4. The summed E-state index contributed by atoms with van der Waals surface area (Å²) in [5.41, 5.74) is 2.19. The van der Waals surface area contributed by atoms with E-state index in [1.165, 1.54) is 12.8 Å². The molecule has 1 saturated carbocycles. The van der Waals surface area contributed by atoms with E-state index >= 15 is 0 Å². The van der Waals surface area contributed by atoms with Crippen LogP contribution in [0.1, 0.15) is 44.9 Å². The molecule has 1 aliphatic carbocycles. The first-order valence-electron chi connectivity index (χ1n) is 8.72. The van der Waals surface area contributed by atoms with Gasteiger partial charge >= 0.3 is 0 Å². The van der Waals surface area contributed by atoms with Crippen LogP contribution in [0.5, 0.6) is 0 Å². The zero-order chi connectivity index (χ0) is 18.5. The number of aryl methyl sites for hydroxylation is 1. The molecule has 136 valence electrons. The summed E-state index contributed by atoms with van der Waals surface area (Å²) in [6.07, 6.45) is 3.44. The van der Waals surface area contributed by atoms with Gasteiger partial charge in [-0.1, -0.05) is 52.7 Å². The zero-order valence-electron chi connectivity index (χ0n) is 14.5. The summed E-state index contributed by atoms with van der Waals surface area (Å²) in [7, 11) is 0. The summed E-state index contributed by atoms with van der Waals surface area (Å²) in [6, 6.07) is 5.40. The molecule has 1 atom stereocenters. The van der Waals surface area contributed by atoms with E-state index in [9.17, 15) is 0 Å². The van der Waals surface area contributed by atoms with Crippen molar-refractivity contribution < 1.29 is 0 Å². The van der Waals surface area contributed by atoms with Crippen LogP contribution in [-0.2, 0) is 6.54 Å². The lowest BCUT2D eigenvalue weighted by molar-refractivity contribution is 0.543. The molecule has 0 bridgehead atoms. The quantitative estimate of drug-likeness (QED) is 0.336. The van der Waals surface area contributed by atoms with Crippen molar-refractivity contribution in [2.45, 2.75) is 49.0 Å². The van der Waals surface area contributed by atoms with Gasteiger partial charge < -0.3 is 0 Å². The number of fused-ring (bicyclic) bond motifs is 1. The highest BCUT2D eigenvalue weighted by Crippen LogP contribution is 2.56. The maximum atomic E-state index is 6.44. The summed E-state index contributed by atoms with van der Waals surface area (Å²) in [4.78, 5) is 11.3. The molecule has 0 amide bonds. The molecular weight excluding hydrogens is 484 g/mol. The van der Waals surface area contributed by atoms with Crippen molar-refractivity contribution in [2.24, 2.45) is 0 Å². The predicted octanol–water partition coefficient (Wildman–Crippen LogP) is 5.63. The number of benzene rings is 1. The molecule has 8 heteroatoms. The van der Waals surface area contributed by atoms with Crippen LogP contribution in [0.4, 0.5) is 0 Å². The second kappa shape index (κ2) is 6.87. The molecule has 26 heavy (non-hydrogen) atoms. The summed E-state index contributed by atoms with van der Waals surface area (Å²) < 4.78 is 0.281. The van der Waals surface area contributed by atoms with Crippen LogP contribution in [0.25, 0.3) is 22.8 Å². The minimum Gasteiger partial charge on any atom is -0.227 e. The molecule has 0 spiro atoms. The van der Waals surface area contributed by atoms with Crippen LogP contribution in [-0.4, -0.2) is 28.4 Å². The number of imidazole rings is 1. The van der Waals surface area contributed by atoms with Gasteiger partial charge in [-0.15, -0.1) is 5.10 Å². The maximum absolute atomic E-state index is 6.44. The van der Waals surface area contributed by atoms with Gasteiger partial charge in [-0.2, -0.15) is 9.90 Å². The van der Waals surface area contributed by atoms with E-state index in [2.05, 4.69) is 39.7 Å². The Kier molecular flexibility index (Phi) is 4.86. The van der Waals surface area contributed by atoms with Crippen LogP contribution in [0.2, 0.25) is 10.0 Å². The highest BCUT2D eigenvalue weighted by molar-refractivity contribution is 14.1. The summed E-state index contributed by atoms with van der Waals surface area (Å²) in [5.74, 6) is 1.82. The van der Waals surface area contributed by atoms with E-state index in [4.69, 9.17) is 33.2 Å². The fourth-order valence-electron chi connectivity index (χ4n) is 3.28. The van der Waals surface area contributed by atoms with Crippen molar-refractivity contribution in [3.8, 4) is 22.8 Å². The van der Waals surface area contributed by atoms with Gasteiger partial charge in [0.15, 0.2) is 0 Å². The van der Waals surface area contributed by atoms with E-state index in [0.29, 0.717) is 39.7 Å². The van der Waals surface area contributed by atoms with Gasteiger partial charge in [0.05, 0.1) is 11.6 Å². The molecule has 3 aliphatic rings. The molecule has 0 N–H and O–H groups in total. The van der Waals surface area contributed by atoms with Gasteiger partial charge in [0.1, 0.15) is 17.2 Å². The Morgan fingerprint density at radius 3 is 2.54 bits per heavy atom. The van der Waals surface area contributed by atoms with E-state index in [0.717, 1.165) is 17.8 Å². The molecule has 0 saturated heterocycles. The Labute approximate surface area is 176 Å². The van der Waals surface area contributed by atoms with Crippen molar-refractivity contribution >= 4 is 45.8 Å². The molecule has 1 aromatic rings. The van der Waals surface area contributed by atoms with E-state index in [1.54, 1.807) is 10.9 Å². The molecule has 1 aromatic carbocycles. The van der Waals surface area contributed by atoms with Gasteiger partial charge in [-0.05, 0) is 44.4 Å². The summed E-state index contributed by atoms with van der Waals surface area (Å²) in [6.45, 7) is 4.83. The minimum atomic E-state index is 0.281. The average molecular weight is 502 g/mol. The topological polar surface area (TPSA) is 56.5 Å². The SMILES string of the molecule is CCC(c1nc2nn(CC)nc(-c3ccc(Cl)cc3Cl)c-2n1)C1(I)CC1. The van der Waals surface area contributed by atoms with Gasteiger partial charge in [0.25, 0.3) is 0 Å². The van der Waals surface area contributed by atoms with Crippen LogP contribution in [0, 0.1) is 0 Å². The molecule has 5 nitrogen and oxygen atoms in total. The van der Waals surface area contributed by atoms with Crippen molar-refractivity contribution in [1.82, 2.24) is 25.0 Å². The monoisotopic (exact) mass is 501 g/mol. The Balaban J connectivity index is 1.90. The normalized spacial score (nSPS) is 16.8. The van der Waals surface area contributed by atoms with Crippen LogP contribution >= 0.6 is 45.8 Å². The van der Waals surface area contributed by atoms with E-state index in [-0.39, 0.29) is 3.42 Å². The second-order valence-corrected chi connectivity index (χ2v) is 9.60. The molecule has 0 radical (unpaired) electrons. The van der Waals surface area contributed by atoms with Crippen molar-refractivity contribution in [3.05, 3.63) is 34.1 Å². The summed E-state index contributed by atoms with van der Waals surface area (Å²) >= 11 is 15.1. The fourth-order valence-corrected chi connectivity index (χ4v) is 4.77. The smallest absolute Gasteiger partial charge is 0.204 e. The van der Waals surface area contributed by atoms with Gasteiger partial charge in [-0.25, -0.2) is 9.97 Å². The standard InChI is InChI=1S/C18H18Cl2IN5/c1-3-12(18(21)7-8-18)16-22-15-14(11-6-5-10(19)9-13(11)20)24-26(4-2)25-17(15)23-16/h5-6,9,12H,3-4,7-8H2,1-2H3. The van der Waals surface area contributed by atoms with E-state index < -0.39 is 0 Å². The largest absolute Gasteiger partial charge is 0.227 e. The molecular formula is C18H18Cl2IN5. The molecule has 4 rings (SSSR count). The van der Waals surface area contributed by atoms with Gasteiger partial charge in [0, 0.05) is 19.9 Å². The number of hydrogen-bond donors (Lipinski definition) is 0. The first-order valence-corrected chi connectivity index (χ1v) is 10.6. The average Bonchev–Trinajstić information content (AvgIpc) is 3.20. The number of rotatable bonds is 5. The Morgan fingerprint density at radius 2 is 1.92 bits per heavy atom. The molecule has 1 unspecified atom stereocenters. The van der Waals surface area contributed by atoms with Gasteiger partial charge in [-0.3, -0.25) is 0 Å². The van der Waals surface area contributed by atoms with E-state index in [1.807, 2.05) is 19.1 Å². The molecule has 2 aliphatic heterocycles. The lowest BCUT2D eigenvalue weighted by atomic mass is 10.0. The molecule has 2 heterocycles. The third-order valence-electron chi connectivity index (χ3n) is 4.85. The zero-order valence-corrected chi connectivity index (χ0v) is 18.2. The number of nitrogens with zero attached hydrogens (tertiary/aromatic N) is 5. The Bertz CT molecular complexity index is 937. The maximum Gasteiger partial charge on any atom is 0.204 e. The summed E-state index contributed by atoms with van der Waals surface area (Å²) in [5, 5.41) is 10.3. The lowest BCUT2D eigenvalue weighted by Gasteiger charge is -2.16. The number of aromatic nitrogens is 5. The second-order valence-electron chi connectivity index (χ2n) is 6.61. The highest BCUT2D eigenvalue weighted by atomic mass is 127. The van der Waals surface area contributed by atoms with Crippen molar-refractivity contribution in [2.75, 3.05) is 0 Å². The minimum absolute atomic E-state index is 0.281. The van der Waals surface area contributed by atoms with Gasteiger partial charge in [0.2, 0.25) is 5.82 Å². The number of halogens is 3. The third-order valence-corrected chi connectivity index (χ3v) is 7.23.